The lowest BCUT2D eigenvalue weighted by Gasteiger charge is -2.31. The van der Waals surface area contributed by atoms with Crippen LogP contribution in [-0.2, 0) is 15.9 Å². The van der Waals surface area contributed by atoms with E-state index in [0.29, 0.717) is 34.4 Å². The first-order chi connectivity index (χ1) is 15.1. The summed E-state index contributed by atoms with van der Waals surface area (Å²) in [5.41, 5.74) is 1.16. The molecule has 3 unspecified atom stereocenters. The van der Waals surface area contributed by atoms with Gasteiger partial charge in [-0.1, -0.05) is 12.1 Å². The summed E-state index contributed by atoms with van der Waals surface area (Å²) in [5, 5.41) is 21.0. The summed E-state index contributed by atoms with van der Waals surface area (Å²) in [6.45, 7) is 7.88. The number of hydrogen-bond acceptors (Lipinski definition) is 7. The summed E-state index contributed by atoms with van der Waals surface area (Å²) in [6, 6.07) is 6.27. The summed E-state index contributed by atoms with van der Waals surface area (Å²) in [5.74, 6) is 0.474. The van der Waals surface area contributed by atoms with Crippen LogP contribution in [0.1, 0.15) is 44.9 Å². The molecule has 6 rings (SSSR count). The molecule has 0 radical (unpaired) electrons. The Morgan fingerprint density at radius 2 is 1.72 bits per heavy atom. The third-order valence-electron chi connectivity index (χ3n) is 6.84. The summed E-state index contributed by atoms with van der Waals surface area (Å²) < 4.78 is 24.0. The van der Waals surface area contributed by atoms with Gasteiger partial charge in [0.25, 0.3) is 0 Å². The number of epoxide rings is 2. The monoisotopic (exact) mass is 436 g/mol. The standard InChI is InChI=1S/C25H24O7/c1-24(2)15(31-24)9-13-18(27)16-19(28)14(11-5-7-12(26)8-6-11)10-29-21(16)17-20(13)32-25(3,4)23-22(17)30-23/h5-8,10,15,22-23,26-27H,9H2,1-4H3. The number of hydrogen-bond donors (Lipinski definition) is 2. The van der Waals surface area contributed by atoms with Gasteiger partial charge in [0.15, 0.2) is 5.58 Å². The smallest absolute Gasteiger partial charge is 0.204 e. The van der Waals surface area contributed by atoms with E-state index in [4.69, 9.17) is 18.6 Å². The molecule has 1 aromatic heterocycles. The molecule has 0 saturated carbocycles. The van der Waals surface area contributed by atoms with Gasteiger partial charge in [-0.05, 0) is 45.4 Å². The number of rotatable bonds is 3. The molecule has 7 nitrogen and oxygen atoms in total. The highest BCUT2D eigenvalue weighted by atomic mass is 16.6. The minimum absolute atomic E-state index is 0.0909. The van der Waals surface area contributed by atoms with Crippen molar-refractivity contribution in [2.45, 2.75) is 63.6 Å². The molecule has 4 heterocycles. The normalized spacial score (nSPS) is 26.2. The van der Waals surface area contributed by atoms with Crippen molar-refractivity contribution in [1.82, 2.24) is 0 Å². The van der Waals surface area contributed by atoms with Gasteiger partial charge in [0.05, 0.1) is 22.8 Å². The van der Waals surface area contributed by atoms with Gasteiger partial charge in [0.1, 0.15) is 46.7 Å². The van der Waals surface area contributed by atoms with E-state index >= 15 is 0 Å². The van der Waals surface area contributed by atoms with Gasteiger partial charge >= 0.3 is 0 Å². The van der Waals surface area contributed by atoms with Crippen LogP contribution in [0.5, 0.6) is 17.2 Å². The fourth-order valence-corrected chi connectivity index (χ4v) is 4.80. The quantitative estimate of drug-likeness (QED) is 0.593. The molecular weight excluding hydrogens is 412 g/mol. The fraction of sp³-hybridized carbons (Fsp3) is 0.400. The Bertz CT molecular complexity index is 1330. The predicted octanol–water partition coefficient (Wildman–Crippen LogP) is 4.20. The minimum Gasteiger partial charge on any atom is -0.508 e. The van der Waals surface area contributed by atoms with Crippen LogP contribution in [0.3, 0.4) is 0 Å². The molecule has 2 N–H and O–H groups in total. The Labute approximate surface area is 184 Å². The number of aromatic hydroxyl groups is 2. The molecule has 3 atom stereocenters. The molecule has 166 valence electrons. The zero-order valence-corrected chi connectivity index (χ0v) is 18.3. The Hall–Kier alpha value is -3.03. The van der Waals surface area contributed by atoms with Crippen LogP contribution in [0.15, 0.2) is 39.7 Å². The van der Waals surface area contributed by atoms with Crippen molar-refractivity contribution >= 4 is 11.0 Å². The molecule has 7 heteroatoms. The first-order valence-corrected chi connectivity index (χ1v) is 10.7. The van der Waals surface area contributed by atoms with Gasteiger partial charge in [-0.15, -0.1) is 0 Å². The molecule has 0 bridgehead atoms. The molecule has 0 spiro atoms. The number of fused-ring (bicyclic) bond motifs is 5. The number of phenols is 2. The zero-order chi connectivity index (χ0) is 22.6. The van der Waals surface area contributed by atoms with Crippen LogP contribution in [0.4, 0.5) is 0 Å². The van der Waals surface area contributed by atoms with E-state index in [1.807, 2.05) is 27.7 Å². The first kappa shape index (κ1) is 19.6. The second-order valence-electron chi connectivity index (χ2n) is 9.90. The maximum atomic E-state index is 13.6. The van der Waals surface area contributed by atoms with Gasteiger partial charge in [-0.3, -0.25) is 4.79 Å². The summed E-state index contributed by atoms with van der Waals surface area (Å²) in [6.07, 6.45) is 1.30. The van der Waals surface area contributed by atoms with Gasteiger partial charge < -0.3 is 28.8 Å². The van der Waals surface area contributed by atoms with Crippen molar-refractivity contribution in [2.75, 3.05) is 0 Å². The van der Waals surface area contributed by atoms with Crippen LogP contribution in [0.2, 0.25) is 0 Å². The van der Waals surface area contributed by atoms with Crippen LogP contribution in [-0.4, -0.2) is 33.6 Å². The van der Waals surface area contributed by atoms with E-state index in [2.05, 4.69) is 0 Å². The molecule has 0 amide bonds. The predicted molar refractivity (Wildman–Crippen MR) is 116 cm³/mol. The fourth-order valence-electron chi connectivity index (χ4n) is 4.80. The van der Waals surface area contributed by atoms with Gasteiger partial charge in [-0.2, -0.15) is 0 Å². The molecule has 3 aromatic rings. The highest BCUT2D eigenvalue weighted by Crippen LogP contribution is 2.59. The number of ether oxygens (including phenoxy) is 3. The van der Waals surface area contributed by atoms with Crippen LogP contribution < -0.4 is 10.2 Å². The van der Waals surface area contributed by atoms with E-state index in [-0.39, 0.29) is 51.8 Å². The van der Waals surface area contributed by atoms with Crippen molar-refractivity contribution in [3.05, 3.63) is 51.9 Å². The van der Waals surface area contributed by atoms with E-state index in [9.17, 15) is 15.0 Å². The highest BCUT2D eigenvalue weighted by molar-refractivity contribution is 5.93. The van der Waals surface area contributed by atoms with Crippen LogP contribution in [0, 0.1) is 0 Å². The highest BCUT2D eigenvalue weighted by Gasteiger charge is 2.59. The number of phenolic OH excluding ortho intramolecular Hbond substituents is 2. The topological polar surface area (TPSA) is 105 Å². The third-order valence-corrected chi connectivity index (χ3v) is 6.84. The van der Waals surface area contributed by atoms with E-state index < -0.39 is 5.60 Å². The molecule has 2 fully saturated rings. The largest absolute Gasteiger partial charge is 0.508 e. The molecular formula is C25H24O7. The summed E-state index contributed by atoms with van der Waals surface area (Å²) in [4.78, 5) is 13.6. The Kier molecular flexibility index (Phi) is 3.72. The second kappa shape index (κ2) is 6.05. The SMILES string of the molecule is CC1(C)OC1Cc1c2c(c3occ(-c4ccc(O)cc4)c(=O)c3c1O)C1OC1C(C)(C)O2. The molecule has 2 saturated heterocycles. The van der Waals surface area contributed by atoms with Crippen molar-refractivity contribution in [3.8, 4) is 28.4 Å². The van der Waals surface area contributed by atoms with Crippen molar-refractivity contribution in [1.29, 1.82) is 0 Å². The van der Waals surface area contributed by atoms with E-state index in [1.165, 1.54) is 18.4 Å². The molecule has 0 aliphatic carbocycles. The zero-order valence-electron chi connectivity index (χ0n) is 18.3. The Morgan fingerprint density at radius 3 is 2.38 bits per heavy atom. The molecule has 3 aliphatic heterocycles. The van der Waals surface area contributed by atoms with Gasteiger partial charge in [-0.25, -0.2) is 0 Å². The van der Waals surface area contributed by atoms with E-state index in [1.54, 1.807) is 12.1 Å². The Morgan fingerprint density at radius 1 is 1.03 bits per heavy atom. The summed E-state index contributed by atoms with van der Waals surface area (Å²) in [7, 11) is 0. The van der Waals surface area contributed by atoms with Crippen molar-refractivity contribution in [2.24, 2.45) is 0 Å². The van der Waals surface area contributed by atoms with Crippen molar-refractivity contribution < 1.29 is 28.8 Å². The molecule has 2 aromatic carbocycles. The Balaban J connectivity index is 1.61. The van der Waals surface area contributed by atoms with E-state index in [0.717, 1.165) is 0 Å². The third kappa shape index (κ3) is 2.71. The van der Waals surface area contributed by atoms with Gasteiger partial charge in [0, 0.05) is 12.0 Å². The van der Waals surface area contributed by atoms with Crippen molar-refractivity contribution in [3.63, 3.8) is 0 Å². The second-order valence-corrected chi connectivity index (χ2v) is 9.90. The molecule has 32 heavy (non-hydrogen) atoms. The van der Waals surface area contributed by atoms with Crippen LogP contribution in [0.25, 0.3) is 22.1 Å². The van der Waals surface area contributed by atoms with Crippen LogP contribution >= 0.6 is 0 Å². The average molecular weight is 436 g/mol. The lowest BCUT2D eigenvalue weighted by molar-refractivity contribution is 0.0710. The van der Waals surface area contributed by atoms with Gasteiger partial charge in [0.2, 0.25) is 5.43 Å². The molecule has 3 aliphatic rings. The maximum absolute atomic E-state index is 13.6. The lowest BCUT2D eigenvalue weighted by atomic mass is 9.88. The maximum Gasteiger partial charge on any atom is 0.204 e. The number of benzene rings is 2. The lowest BCUT2D eigenvalue weighted by Crippen LogP contribution is -2.38. The summed E-state index contributed by atoms with van der Waals surface area (Å²) >= 11 is 0. The minimum atomic E-state index is -0.571. The average Bonchev–Trinajstić information content (AvgIpc) is 3.62. The first-order valence-electron chi connectivity index (χ1n) is 10.7.